The monoisotopic (exact) mass is 358 g/mol. The van der Waals surface area contributed by atoms with Crippen LogP contribution in [0.4, 0.5) is 10.1 Å². The van der Waals surface area contributed by atoms with E-state index in [1.807, 2.05) is 0 Å². The van der Waals surface area contributed by atoms with E-state index in [1.165, 1.54) is 25.1 Å². The predicted molar refractivity (Wildman–Crippen MR) is 94.1 cm³/mol. The Kier molecular flexibility index (Phi) is 6.84. The minimum atomic E-state index is -0.649. The van der Waals surface area contributed by atoms with Crippen molar-refractivity contribution >= 4 is 23.5 Å². The van der Waals surface area contributed by atoms with Crippen LogP contribution < -0.4 is 10.6 Å². The average molecular weight is 358 g/mol. The van der Waals surface area contributed by atoms with Gasteiger partial charge in [-0.2, -0.15) is 0 Å². The second-order valence-corrected chi connectivity index (χ2v) is 5.53. The van der Waals surface area contributed by atoms with Crippen LogP contribution in [0.5, 0.6) is 0 Å². The van der Waals surface area contributed by atoms with Gasteiger partial charge < -0.3 is 15.4 Å². The standard InChI is InChI=1S/C19H19FN2O4/c1-13(23)22-16-8-6-15(7-9-16)19(25)26-12-18(24)21-11-10-14-4-2-3-5-17(14)20/h2-9H,10-12H2,1H3,(H,21,24)(H,22,23). The molecular weight excluding hydrogens is 339 g/mol. The van der Waals surface area contributed by atoms with Crippen molar-refractivity contribution < 1.29 is 23.5 Å². The average Bonchev–Trinajstić information content (AvgIpc) is 2.61. The smallest absolute Gasteiger partial charge is 0.338 e. The zero-order valence-corrected chi connectivity index (χ0v) is 14.3. The van der Waals surface area contributed by atoms with E-state index in [4.69, 9.17) is 4.74 Å². The molecule has 7 heteroatoms. The Morgan fingerprint density at radius 1 is 1.04 bits per heavy atom. The van der Waals surface area contributed by atoms with Gasteiger partial charge in [0.1, 0.15) is 5.82 Å². The van der Waals surface area contributed by atoms with Gasteiger partial charge in [0.25, 0.3) is 5.91 Å². The molecule has 0 spiro atoms. The van der Waals surface area contributed by atoms with E-state index in [9.17, 15) is 18.8 Å². The SMILES string of the molecule is CC(=O)Nc1ccc(C(=O)OCC(=O)NCCc2ccccc2F)cc1. The fourth-order valence-corrected chi connectivity index (χ4v) is 2.20. The Bertz CT molecular complexity index is 790. The van der Waals surface area contributed by atoms with Crippen molar-refractivity contribution in [3.63, 3.8) is 0 Å². The topological polar surface area (TPSA) is 84.5 Å². The van der Waals surface area contributed by atoms with Crippen molar-refractivity contribution in [2.45, 2.75) is 13.3 Å². The number of ether oxygens (including phenoxy) is 1. The van der Waals surface area contributed by atoms with E-state index < -0.39 is 18.5 Å². The summed E-state index contributed by atoms with van der Waals surface area (Å²) >= 11 is 0. The molecule has 0 aromatic heterocycles. The minimum absolute atomic E-state index is 0.215. The number of carbonyl (C=O) groups excluding carboxylic acids is 3. The zero-order valence-electron chi connectivity index (χ0n) is 14.3. The van der Waals surface area contributed by atoms with Gasteiger partial charge in [-0.15, -0.1) is 0 Å². The maximum atomic E-state index is 13.4. The third-order valence-electron chi connectivity index (χ3n) is 3.45. The van der Waals surface area contributed by atoms with Crippen LogP contribution in [0.15, 0.2) is 48.5 Å². The first kappa shape index (κ1) is 19.1. The molecule has 2 N–H and O–H groups in total. The van der Waals surface area contributed by atoms with Gasteiger partial charge in [0, 0.05) is 19.2 Å². The molecule has 0 fully saturated rings. The molecule has 2 aromatic carbocycles. The summed E-state index contributed by atoms with van der Waals surface area (Å²) in [6.07, 6.45) is 0.344. The second-order valence-electron chi connectivity index (χ2n) is 5.53. The van der Waals surface area contributed by atoms with Gasteiger partial charge in [-0.3, -0.25) is 9.59 Å². The van der Waals surface area contributed by atoms with Crippen molar-refractivity contribution in [1.82, 2.24) is 5.32 Å². The van der Waals surface area contributed by atoms with Crippen molar-refractivity contribution in [3.05, 3.63) is 65.5 Å². The molecule has 26 heavy (non-hydrogen) atoms. The summed E-state index contributed by atoms with van der Waals surface area (Å²) in [5, 5.41) is 5.15. The van der Waals surface area contributed by atoms with Crippen LogP contribution in [0.3, 0.4) is 0 Å². The van der Waals surface area contributed by atoms with E-state index >= 15 is 0 Å². The lowest BCUT2D eigenvalue weighted by Crippen LogP contribution is -2.30. The predicted octanol–water partition coefficient (Wildman–Crippen LogP) is 2.30. The lowest BCUT2D eigenvalue weighted by Gasteiger charge is -2.08. The fourth-order valence-electron chi connectivity index (χ4n) is 2.20. The zero-order chi connectivity index (χ0) is 18.9. The second kappa shape index (κ2) is 9.31. The Morgan fingerprint density at radius 2 is 1.73 bits per heavy atom. The van der Waals surface area contributed by atoms with E-state index in [-0.39, 0.29) is 23.8 Å². The third-order valence-corrected chi connectivity index (χ3v) is 3.45. The Balaban J connectivity index is 1.73. The molecule has 0 heterocycles. The van der Waals surface area contributed by atoms with E-state index in [0.717, 1.165) is 0 Å². The molecule has 2 amide bonds. The highest BCUT2D eigenvalue weighted by atomic mass is 19.1. The molecule has 0 radical (unpaired) electrons. The number of anilines is 1. The first-order chi connectivity index (χ1) is 12.5. The van der Waals surface area contributed by atoms with Crippen LogP contribution in [-0.4, -0.2) is 30.9 Å². The van der Waals surface area contributed by atoms with Crippen molar-refractivity contribution in [2.75, 3.05) is 18.5 Å². The lowest BCUT2D eigenvalue weighted by molar-refractivity contribution is -0.124. The summed E-state index contributed by atoms with van der Waals surface area (Å²) in [5.74, 6) is -1.66. The summed E-state index contributed by atoms with van der Waals surface area (Å²) < 4.78 is 18.4. The fraction of sp³-hybridized carbons (Fsp3) is 0.211. The number of hydrogen-bond acceptors (Lipinski definition) is 4. The normalized spacial score (nSPS) is 10.1. The van der Waals surface area contributed by atoms with E-state index in [0.29, 0.717) is 17.7 Å². The molecule has 0 bridgehead atoms. The van der Waals surface area contributed by atoms with Crippen LogP contribution >= 0.6 is 0 Å². The highest BCUT2D eigenvalue weighted by molar-refractivity contribution is 5.93. The summed E-state index contributed by atoms with van der Waals surface area (Å²) in [4.78, 5) is 34.5. The highest BCUT2D eigenvalue weighted by Gasteiger charge is 2.10. The van der Waals surface area contributed by atoms with Crippen molar-refractivity contribution in [2.24, 2.45) is 0 Å². The van der Waals surface area contributed by atoms with Gasteiger partial charge in [-0.25, -0.2) is 9.18 Å². The van der Waals surface area contributed by atoms with Crippen molar-refractivity contribution in [3.8, 4) is 0 Å². The molecule has 0 unspecified atom stereocenters. The van der Waals surface area contributed by atoms with Crippen LogP contribution in [-0.2, 0) is 20.7 Å². The highest BCUT2D eigenvalue weighted by Crippen LogP contribution is 2.10. The van der Waals surface area contributed by atoms with Gasteiger partial charge in [0.15, 0.2) is 6.61 Å². The molecular formula is C19H19FN2O4. The molecule has 0 atom stereocenters. The summed E-state index contributed by atoms with van der Waals surface area (Å²) in [6, 6.07) is 12.4. The number of halogens is 1. The van der Waals surface area contributed by atoms with Crippen LogP contribution in [0, 0.1) is 5.82 Å². The largest absolute Gasteiger partial charge is 0.452 e. The van der Waals surface area contributed by atoms with Gasteiger partial charge in [-0.05, 0) is 42.3 Å². The quantitative estimate of drug-likeness (QED) is 0.744. The summed E-state index contributed by atoms with van der Waals surface area (Å²) in [6.45, 7) is 1.19. The molecule has 2 aromatic rings. The molecule has 0 saturated heterocycles. The van der Waals surface area contributed by atoms with Gasteiger partial charge in [-0.1, -0.05) is 18.2 Å². The number of esters is 1. The number of hydrogen-bond donors (Lipinski definition) is 2. The summed E-state index contributed by atoms with van der Waals surface area (Å²) in [7, 11) is 0. The van der Waals surface area contributed by atoms with Crippen molar-refractivity contribution in [1.29, 1.82) is 0 Å². The van der Waals surface area contributed by atoms with Crippen LogP contribution in [0.25, 0.3) is 0 Å². The molecule has 0 aliphatic carbocycles. The number of rotatable bonds is 7. The number of benzene rings is 2. The van der Waals surface area contributed by atoms with E-state index in [1.54, 1.807) is 30.3 Å². The Labute approximate surface area is 150 Å². The third kappa shape index (κ3) is 6.01. The molecule has 0 aliphatic heterocycles. The Morgan fingerprint density at radius 3 is 2.38 bits per heavy atom. The molecule has 136 valence electrons. The van der Waals surface area contributed by atoms with Crippen LogP contribution in [0.1, 0.15) is 22.8 Å². The number of carbonyl (C=O) groups is 3. The van der Waals surface area contributed by atoms with Gasteiger partial charge in [0.2, 0.25) is 5.91 Å². The first-order valence-electron chi connectivity index (χ1n) is 8.00. The number of nitrogens with one attached hydrogen (secondary N) is 2. The van der Waals surface area contributed by atoms with Gasteiger partial charge >= 0.3 is 5.97 Å². The van der Waals surface area contributed by atoms with E-state index in [2.05, 4.69) is 10.6 Å². The Hall–Kier alpha value is -3.22. The maximum absolute atomic E-state index is 13.4. The van der Waals surface area contributed by atoms with Crippen LogP contribution in [0.2, 0.25) is 0 Å². The molecule has 6 nitrogen and oxygen atoms in total. The first-order valence-corrected chi connectivity index (χ1v) is 8.00. The molecule has 2 rings (SSSR count). The molecule has 0 saturated carbocycles. The maximum Gasteiger partial charge on any atom is 0.338 e. The number of amides is 2. The molecule has 0 aliphatic rings. The minimum Gasteiger partial charge on any atom is -0.452 e. The van der Waals surface area contributed by atoms with Gasteiger partial charge in [0.05, 0.1) is 5.56 Å². The summed E-state index contributed by atoms with van der Waals surface area (Å²) in [5.41, 5.74) is 1.32. The lowest BCUT2D eigenvalue weighted by atomic mass is 10.1.